The topological polar surface area (TPSA) is 48.1 Å². The van der Waals surface area contributed by atoms with Gasteiger partial charge in [-0.1, -0.05) is 12.1 Å². The van der Waals surface area contributed by atoms with Gasteiger partial charge < -0.3 is 10.5 Å². The summed E-state index contributed by atoms with van der Waals surface area (Å²) in [6, 6.07) is 9.75. The van der Waals surface area contributed by atoms with Crippen molar-refractivity contribution >= 4 is 21.7 Å². The quantitative estimate of drug-likeness (QED) is 0.918. The maximum Gasteiger partial charge on any atom is 0.137 e. The number of hydrogen-bond donors (Lipinski definition) is 1. The zero-order valence-electron chi connectivity index (χ0n) is 8.77. The van der Waals surface area contributed by atoms with Crippen LogP contribution in [-0.2, 0) is 0 Å². The van der Waals surface area contributed by atoms with E-state index in [0.29, 0.717) is 5.82 Å². The first-order valence-electron chi connectivity index (χ1n) is 4.76. The number of anilines is 1. The molecule has 0 amide bonds. The molecule has 2 N–H and O–H groups in total. The van der Waals surface area contributed by atoms with E-state index < -0.39 is 0 Å². The van der Waals surface area contributed by atoms with Gasteiger partial charge in [0.25, 0.3) is 0 Å². The number of hydrogen-bond acceptors (Lipinski definition) is 3. The number of benzene rings is 1. The highest BCUT2D eigenvalue weighted by Crippen LogP contribution is 2.27. The molecule has 1 heterocycles. The van der Waals surface area contributed by atoms with E-state index in [0.717, 1.165) is 21.3 Å². The predicted molar refractivity (Wildman–Crippen MR) is 68.3 cm³/mol. The number of halogens is 1. The Labute approximate surface area is 102 Å². The van der Waals surface area contributed by atoms with Crippen LogP contribution in [0.5, 0.6) is 5.75 Å². The fourth-order valence-electron chi connectivity index (χ4n) is 1.41. The number of aromatic nitrogens is 1. The van der Waals surface area contributed by atoms with Crippen LogP contribution in [0.3, 0.4) is 0 Å². The summed E-state index contributed by atoms with van der Waals surface area (Å²) in [4.78, 5) is 4.10. The van der Waals surface area contributed by atoms with Gasteiger partial charge in [-0.2, -0.15) is 0 Å². The molecule has 0 unspecified atom stereocenters. The van der Waals surface area contributed by atoms with Crippen molar-refractivity contribution in [2.24, 2.45) is 0 Å². The summed E-state index contributed by atoms with van der Waals surface area (Å²) < 4.78 is 5.97. The second kappa shape index (κ2) is 4.53. The minimum Gasteiger partial charge on any atom is -0.497 e. The third kappa shape index (κ3) is 2.17. The van der Waals surface area contributed by atoms with Crippen LogP contribution >= 0.6 is 15.9 Å². The van der Waals surface area contributed by atoms with E-state index in [1.807, 2.05) is 30.3 Å². The average Bonchev–Trinajstić information content (AvgIpc) is 2.33. The molecule has 0 bridgehead atoms. The minimum absolute atomic E-state index is 0.492. The Balaban J connectivity index is 2.46. The Morgan fingerprint density at radius 1 is 1.25 bits per heavy atom. The zero-order chi connectivity index (χ0) is 11.5. The number of methoxy groups -OCH3 is 1. The molecule has 0 atom stereocenters. The Hall–Kier alpha value is -1.55. The lowest BCUT2D eigenvalue weighted by Crippen LogP contribution is -1.91. The Morgan fingerprint density at radius 3 is 2.75 bits per heavy atom. The van der Waals surface area contributed by atoms with Crippen LogP contribution in [0.25, 0.3) is 11.1 Å². The first-order valence-corrected chi connectivity index (χ1v) is 5.55. The summed E-state index contributed by atoms with van der Waals surface area (Å²) >= 11 is 3.36. The van der Waals surface area contributed by atoms with Crippen LogP contribution in [0.15, 0.2) is 41.0 Å². The van der Waals surface area contributed by atoms with Gasteiger partial charge in [0.15, 0.2) is 0 Å². The fourth-order valence-corrected chi connectivity index (χ4v) is 1.76. The number of nitrogens with two attached hydrogens (primary N) is 1. The smallest absolute Gasteiger partial charge is 0.137 e. The molecule has 1 aromatic heterocycles. The largest absolute Gasteiger partial charge is 0.497 e. The van der Waals surface area contributed by atoms with Crippen LogP contribution in [-0.4, -0.2) is 12.1 Å². The number of pyridine rings is 1. The van der Waals surface area contributed by atoms with E-state index in [9.17, 15) is 0 Å². The van der Waals surface area contributed by atoms with Crippen molar-refractivity contribution in [2.75, 3.05) is 12.8 Å². The van der Waals surface area contributed by atoms with Gasteiger partial charge in [0.05, 0.1) is 11.6 Å². The van der Waals surface area contributed by atoms with Crippen molar-refractivity contribution in [3.8, 4) is 16.9 Å². The van der Waals surface area contributed by atoms with Gasteiger partial charge >= 0.3 is 0 Å². The molecule has 3 nitrogen and oxygen atoms in total. The van der Waals surface area contributed by atoms with Gasteiger partial charge in [0.1, 0.15) is 11.6 Å². The number of ether oxygens (including phenoxy) is 1. The monoisotopic (exact) mass is 278 g/mol. The summed E-state index contributed by atoms with van der Waals surface area (Å²) in [6.45, 7) is 0. The number of rotatable bonds is 2. The summed E-state index contributed by atoms with van der Waals surface area (Å²) in [5.74, 6) is 1.32. The highest BCUT2D eigenvalue weighted by atomic mass is 79.9. The number of nitrogens with zero attached hydrogens (tertiary/aromatic N) is 1. The first-order chi connectivity index (χ1) is 7.70. The van der Waals surface area contributed by atoms with Gasteiger partial charge in [0, 0.05) is 11.8 Å². The van der Waals surface area contributed by atoms with Crippen molar-refractivity contribution < 1.29 is 4.74 Å². The minimum atomic E-state index is 0.492. The number of nitrogen functional groups attached to an aromatic ring is 1. The molecule has 0 aliphatic rings. The third-order valence-electron chi connectivity index (χ3n) is 2.27. The van der Waals surface area contributed by atoms with E-state index in [2.05, 4.69) is 20.9 Å². The van der Waals surface area contributed by atoms with E-state index in [-0.39, 0.29) is 0 Å². The molecule has 1 aromatic carbocycles. The molecule has 0 spiro atoms. The molecule has 16 heavy (non-hydrogen) atoms. The highest BCUT2D eigenvalue weighted by Gasteiger charge is 2.03. The van der Waals surface area contributed by atoms with Crippen LogP contribution in [0.2, 0.25) is 0 Å². The molecule has 0 radical (unpaired) electrons. The molecule has 0 aliphatic carbocycles. The molecule has 4 heteroatoms. The summed E-state index contributed by atoms with van der Waals surface area (Å²) in [6.07, 6.45) is 1.74. The molecular formula is C12H11BrN2O. The predicted octanol–water partition coefficient (Wildman–Crippen LogP) is 3.10. The second-order valence-electron chi connectivity index (χ2n) is 3.32. The van der Waals surface area contributed by atoms with E-state index in [1.165, 1.54) is 0 Å². The zero-order valence-corrected chi connectivity index (χ0v) is 10.4. The van der Waals surface area contributed by atoms with Gasteiger partial charge in [-0.15, -0.1) is 0 Å². The van der Waals surface area contributed by atoms with Gasteiger partial charge in [-0.05, 0) is 39.7 Å². The molecular weight excluding hydrogens is 268 g/mol. The van der Waals surface area contributed by atoms with E-state index in [1.54, 1.807) is 13.3 Å². The van der Waals surface area contributed by atoms with Crippen LogP contribution in [0.4, 0.5) is 5.82 Å². The first kappa shape index (κ1) is 11.0. The standard InChI is InChI=1S/C12H11BrN2O/c1-16-10-4-2-3-8(5-10)9-6-11(13)12(14)15-7-9/h2-7H,1H3,(H2,14,15). The van der Waals surface area contributed by atoms with Crippen molar-refractivity contribution in [2.45, 2.75) is 0 Å². The Morgan fingerprint density at radius 2 is 2.06 bits per heavy atom. The molecule has 82 valence electrons. The maximum atomic E-state index is 5.64. The average molecular weight is 279 g/mol. The van der Waals surface area contributed by atoms with Gasteiger partial charge in [-0.3, -0.25) is 0 Å². The van der Waals surface area contributed by atoms with E-state index >= 15 is 0 Å². The SMILES string of the molecule is COc1cccc(-c2cnc(N)c(Br)c2)c1. The summed E-state index contributed by atoms with van der Waals surface area (Å²) in [5, 5.41) is 0. The molecule has 0 aliphatic heterocycles. The molecule has 0 saturated carbocycles. The van der Waals surface area contributed by atoms with Crippen molar-refractivity contribution in [1.82, 2.24) is 4.98 Å². The third-order valence-corrected chi connectivity index (χ3v) is 2.91. The van der Waals surface area contributed by atoms with E-state index in [4.69, 9.17) is 10.5 Å². The van der Waals surface area contributed by atoms with Crippen molar-refractivity contribution in [3.63, 3.8) is 0 Å². The fraction of sp³-hybridized carbons (Fsp3) is 0.0833. The lowest BCUT2D eigenvalue weighted by atomic mass is 10.1. The summed E-state index contributed by atoms with van der Waals surface area (Å²) in [7, 11) is 1.65. The highest BCUT2D eigenvalue weighted by molar-refractivity contribution is 9.10. The normalized spacial score (nSPS) is 10.1. The van der Waals surface area contributed by atoms with Gasteiger partial charge in [-0.25, -0.2) is 4.98 Å². The maximum absolute atomic E-state index is 5.64. The second-order valence-corrected chi connectivity index (χ2v) is 4.18. The van der Waals surface area contributed by atoms with Crippen molar-refractivity contribution in [1.29, 1.82) is 0 Å². The van der Waals surface area contributed by atoms with Crippen LogP contribution in [0.1, 0.15) is 0 Å². The molecule has 2 rings (SSSR count). The summed E-state index contributed by atoms with van der Waals surface area (Å²) in [5.41, 5.74) is 7.69. The Kier molecular flexibility index (Phi) is 3.10. The lowest BCUT2D eigenvalue weighted by molar-refractivity contribution is 0.415. The molecule has 2 aromatic rings. The van der Waals surface area contributed by atoms with Crippen LogP contribution < -0.4 is 10.5 Å². The lowest BCUT2D eigenvalue weighted by Gasteiger charge is -2.05. The van der Waals surface area contributed by atoms with Crippen LogP contribution in [0, 0.1) is 0 Å². The Bertz CT molecular complexity index is 514. The molecule has 0 fully saturated rings. The molecule has 0 saturated heterocycles. The van der Waals surface area contributed by atoms with Gasteiger partial charge in [0.2, 0.25) is 0 Å². The van der Waals surface area contributed by atoms with Crippen molar-refractivity contribution in [3.05, 3.63) is 41.0 Å².